The van der Waals surface area contributed by atoms with Crippen molar-refractivity contribution in [2.24, 2.45) is 5.41 Å². The normalized spacial score (nSPS) is 22.0. The fourth-order valence-electron chi connectivity index (χ4n) is 7.01. The molecule has 4 aliphatic rings. The van der Waals surface area contributed by atoms with Gasteiger partial charge in [-0.3, -0.25) is 0 Å². The molecule has 1 amide bonds. The number of hydrogen-bond donors (Lipinski definition) is 0. The van der Waals surface area contributed by atoms with Gasteiger partial charge in [-0.25, -0.2) is 14.5 Å². The lowest BCUT2D eigenvalue weighted by atomic mass is 9.79. The Hall–Kier alpha value is -3.40. The summed E-state index contributed by atoms with van der Waals surface area (Å²) in [4.78, 5) is 29.4. The Kier molecular flexibility index (Phi) is 6.19. The average molecular weight is 560 g/mol. The van der Waals surface area contributed by atoms with Gasteiger partial charge in [-0.2, -0.15) is 10.1 Å². The SMILES string of the molecule is Cc1ccc2c(cnn2C2CCCCO2)c1-c1nc(N2CCC3(CN(C(=O)OC(C)(C)C)C3)C2)nc2c1CCN2C. The fourth-order valence-corrected chi connectivity index (χ4v) is 7.01. The van der Waals surface area contributed by atoms with Gasteiger partial charge in [-0.05, 0) is 71.4 Å². The highest BCUT2D eigenvalue weighted by molar-refractivity contribution is 5.97. The molecule has 3 fully saturated rings. The van der Waals surface area contributed by atoms with Crippen LogP contribution in [-0.2, 0) is 15.9 Å². The maximum absolute atomic E-state index is 12.6. The van der Waals surface area contributed by atoms with Crippen LogP contribution in [0.1, 0.15) is 63.8 Å². The van der Waals surface area contributed by atoms with Gasteiger partial charge in [0.2, 0.25) is 5.95 Å². The zero-order valence-electron chi connectivity index (χ0n) is 24.9. The van der Waals surface area contributed by atoms with Gasteiger partial charge in [0.1, 0.15) is 11.4 Å². The molecule has 1 aromatic carbocycles. The van der Waals surface area contributed by atoms with E-state index in [0.29, 0.717) is 0 Å². The summed E-state index contributed by atoms with van der Waals surface area (Å²) in [5, 5.41) is 5.94. The molecule has 0 radical (unpaired) electrons. The van der Waals surface area contributed by atoms with Gasteiger partial charge in [0.05, 0.1) is 17.4 Å². The number of likely N-dealkylation sites (tertiary alicyclic amines) is 1. The first-order valence-electron chi connectivity index (χ1n) is 15.0. The second-order valence-corrected chi connectivity index (χ2v) is 13.5. The third-order valence-electron chi connectivity index (χ3n) is 9.11. The first-order chi connectivity index (χ1) is 19.6. The summed E-state index contributed by atoms with van der Waals surface area (Å²) < 4.78 is 13.7. The Balaban J connectivity index is 1.21. The molecule has 3 saturated heterocycles. The highest BCUT2D eigenvalue weighted by Crippen LogP contribution is 2.44. The molecule has 1 atom stereocenters. The Morgan fingerprint density at radius 1 is 1.12 bits per heavy atom. The highest BCUT2D eigenvalue weighted by atomic mass is 16.6. The summed E-state index contributed by atoms with van der Waals surface area (Å²) in [6.07, 6.45) is 6.95. The maximum atomic E-state index is 12.6. The van der Waals surface area contributed by atoms with E-state index in [1.165, 1.54) is 11.1 Å². The molecule has 0 saturated carbocycles. The van der Waals surface area contributed by atoms with Crippen molar-refractivity contribution in [3.05, 3.63) is 29.5 Å². The average Bonchev–Trinajstić information content (AvgIpc) is 3.64. The Morgan fingerprint density at radius 2 is 1.95 bits per heavy atom. The van der Waals surface area contributed by atoms with Gasteiger partial charge in [0.25, 0.3) is 0 Å². The molecular weight excluding hydrogens is 518 g/mol. The van der Waals surface area contributed by atoms with E-state index >= 15 is 0 Å². The molecule has 4 aliphatic heterocycles. The van der Waals surface area contributed by atoms with E-state index in [0.717, 1.165) is 105 Å². The molecule has 218 valence electrons. The van der Waals surface area contributed by atoms with Crippen LogP contribution in [0.15, 0.2) is 18.3 Å². The molecule has 1 spiro atoms. The molecule has 10 heteroatoms. The van der Waals surface area contributed by atoms with Crippen LogP contribution >= 0.6 is 0 Å². The van der Waals surface area contributed by atoms with E-state index in [2.05, 4.69) is 40.6 Å². The van der Waals surface area contributed by atoms with E-state index in [9.17, 15) is 4.79 Å². The highest BCUT2D eigenvalue weighted by Gasteiger charge is 2.51. The number of ether oxygens (including phenoxy) is 2. The number of rotatable bonds is 3. The minimum absolute atomic E-state index is 0.0156. The minimum Gasteiger partial charge on any atom is -0.444 e. The van der Waals surface area contributed by atoms with Crippen molar-refractivity contribution in [2.75, 3.05) is 56.2 Å². The summed E-state index contributed by atoms with van der Waals surface area (Å²) in [6.45, 7) is 12.8. The maximum Gasteiger partial charge on any atom is 0.410 e. The van der Waals surface area contributed by atoms with E-state index in [1.807, 2.05) is 31.9 Å². The number of nitrogens with zero attached hydrogens (tertiary/aromatic N) is 7. The second kappa shape index (κ2) is 9.58. The van der Waals surface area contributed by atoms with Crippen molar-refractivity contribution in [2.45, 2.75) is 71.6 Å². The van der Waals surface area contributed by atoms with Crippen LogP contribution in [-0.4, -0.2) is 82.7 Å². The lowest BCUT2D eigenvalue weighted by Crippen LogP contribution is -2.60. The number of anilines is 2. The predicted molar refractivity (Wildman–Crippen MR) is 158 cm³/mol. The number of carbonyl (C=O) groups excluding carboxylic acids is 1. The van der Waals surface area contributed by atoms with Crippen molar-refractivity contribution in [1.82, 2.24) is 24.6 Å². The monoisotopic (exact) mass is 559 g/mol. The minimum atomic E-state index is -0.483. The third kappa shape index (κ3) is 4.60. The van der Waals surface area contributed by atoms with E-state index in [4.69, 9.17) is 24.5 Å². The first-order valence-corrected chi connectivity index (χ1v) is 15.0. The van der Waals surface area contributed by atoms with E-state index in [-0.39, 0.29) is 17.7 Å². The molecular formula is C31H41N7O3. The summed E-state index contributed by atoms with van der Waals surface area (Å²) in [6, 6.07) is 4.36. The van der Waals surface area contributed by atoms with Crippen LogP contribution in [0.5, 0.6) is 0 Å². The number of likely N-dealkylation sites (N-methyl/N-ethyl adjacent to an activating group) is 1. The van der Waals surface area contributed by atoms with E-state index in [1.54, 1.807) is 0 Å². The number of hydrogen-bond acceptors (Lipinski definition) is 8. The Morgan fingerprint density at radius 3 is 2.71 bits per heavy atom. The summed E-state index contributed by atoms with van der Waals surface area (Å²) >= 11 is 0. The summed E-state index contributed by atoms with van der Waals surface area (Å²) in [5.74, 6) is 1.80. The molecule has 0 N–H and O–H groups in total. The Labute approximate surface area is 241 Å². The zero-order valence-corrected chi connectivity index (χ0v) is 24.9. The molecule has 2 aromatic heterocycles. The summed E-state index contributed by atoms with van der Waals surface area (Å²) in [5.41, 5.74) is 5.25. The largest absolute Gasteiger partial charge is 0.444 e. The van der Waals surface area contributed by atoms with Crippen LogP contribution in [0, 0.1) is 12.3 Å². The fraction of sp³-hybridized carbons (Fsp3) is 0.613. The number of aryl methyl sites for hydroxylation is 1. The van der Waals surface area contributed by atoms with Crippen molar-refractivity contribution < 1.29 is 14.3 Å². The van der Waals surface area contributed by atoms with Gasteiger partial charge in [0, 0.05) is 68.3 Å². The number of carbonyl (C=O) groups is 1. The van der Waals surface area contributed by atoms with Gasteiger partial charge in [0.15, 0.2) is 6.23 Å². The standard InChI is InChI=1S/C31H41N7O3/c1-20-9-10-23-22(16-32-38(23)24-8-6-7-15-40-24)25(20)26-21-11-13-35(5)27(21)34-28(33-26)36-14-12-31(17-36)18-37(19-31)29(39)41-30(2,3)4/h9-10,16,24H,6-8,11-15,17-19H2,1-5H3. The predicted octanol–water partition coefficient (Wildman–Crippen LogP) is 4.94. The first kappa shape index (κ1) is 26.5. The van der Waals surface area contributed by atoms with Gasteiger partial charge in [-0.15, -0.1) is 0 Å². The number of benzene rings is 1. The van der Waals surface area contributed by atoms with Gasteiger partial charge < -0.3 is 24.2 Å². The third-order valence-corrected chi connectivity index (χ3v) is 9.11. The second-order valence-electron chi connectivity index (χ2n) is 13.5. The van der Waals surface area contributed by atoms with Crippen molar-refractivity contribution >= 4 is 28.8 Å². The zero-order chi connectivity index (χ0) is 28.5. The molecule has 10 nitrogen and oxygen atoms in total. The summed E-state index contributed by atoms with van der Waals surface area (Å²) in [7, 11) is 2.12. The molecule has 1 unspecified atom stereocenters. The van der Waals surface area contributed by atoms with Crippen LogP contribution in [0.25, 0.3) is 22.2 Å². The van der Waals surface area contributed by atoms with Crippen LogP contribution in [0.4, 0.5) is 16.6 Å². The van der Waals surface area contributed by atoms with Gasteiger partial charge in [-0.1, -0.05) is 6.07 Å². The lowest BCUT2D eigenvalue weighted by molar-refractivity contribution is -0.0366. The number of aromatic nitrogens is 4. The molecule has 6 heterocycles. The van der Waals surface area contributed by atoms with Gasteiger partial charge >= 0.3 is 6.09 Å². The lowest BCUT2D eigenvalue weighted by Gasteiger charge is -2.47. The van der Waals surface area contributed by atoms with Crippen LogP contribution < -0.4 is 9.80 Å². The smallest absolute Gasteiger partial charge is 0.410 e. The van der Waals surface area contributed by atoms with Crippen LogP contribution in [0.3, 0.4) is 0 Å². The van der Waals surface area contributed by atoms with Crippen molar-refractivity contribution in [3.63, 3.8) is 0 Å². The number of fused-ring (bicyclic) bond motifs is 2. The topological polar surface area (TPSA) is 88.8 Å². The van der Waals surface area contributed by atoms with Crippen LogP contribution in [0.2, 0.25) is 0 Å². The van der Waals surface area contributed by atoms with Crippen molar-refractivity contribution in [3.8, 4) is 11.3 Å². The number of amides is 1. The molecule has 41 heavy (non-hydrogen) atoms. The Bertz CT molecular complexity index is 1500. The quantitative estimate of drug-likeness (QED) is 0.446. The molecule has 3 aromatic rings. The molecule has 7 rings (SSSR count). The van der Waals surface area contributed by atoms with E-state index < -0.39 is 5.60 Å². The van der Waals surface area contributed by atoms with Crippen molar-refractivity contribution in [1.29, 1.82) is 0 Å². The molecule has 0 aliphatic carbocycles. The molecule has 0 bridgehead atoms.